The maximum atomic E-state index is 2.77. The average Bonchev–Trinajstić information content (AvgIpc) is 2.47. The van der Waals surface area contributed by atoms with Crippen molar-refractivity contribution in [2.75, 3.05) is 13.1 Å². The van der Waals surface area contributed by atoms with Gasteiger partial charge in [0.25, 0.3) is 0 Å². The van der Waals surface area contributed by atoms with Gasteiger partial charge in [-0.2, -0.15) is 0 Å². The van der Waals surface area contributed by atoms with Crippen molar-refractivity contribution in [2.45, 2.75) is 51.0 Å². The predicted molar refractivity (Wildman–Crippen MR) is 76.6 cm³/mol. The number of nitrogens with zero attached hydrogens (tertiary/aromatic N) is 1. The molecular formula is C17H25N. The van der Waals surface area contributed by atoms with Gasteiger partial charge in [-0.15, -0.1) is 0 Å². The van der Waals surface area contributed by atoms with E-state index in [0.717, 1.165) is 5.92 Å². The molecule has 3 rings (SSSR count). The number of rotatable bonds is 2. The highest BCUT2D eigenvalue weighted by molar-refractivity contribution is 5.27. The zero-order valence-corrected chi connectivity index (χ0v) is 11.6. The molecule has 98 valence electrons. The second kappa shape index (κ2) is 5.05. The summed E-state index contributed by atoms with van der Waals surface area (Å²) in [5.41, 5.74) is 1.95. The minimum atomic E-state index is 0.368. The predicted octanol–water partition coefficient (Wildman–Crippen LogP) is 4.19. The van der Waals surface area contributed by atoms with E-state index in [-0.39, 0.29) is 0 Å². The molecular weight excluding hydrogens is 218 g/mol. The molecule has 1 heteroatoms. The third kappa shape index (κ3) is 1.80. The van der Waals surface area contributed by atoms with E-state index in [9.17, 15) is 0 Å². The molecule has 0 N–H and O–H groups in total. The van der Waals surface area contributed by atoms with E-state index in [1.807, 2.05) is 0 Å². The monoisotopic (exact) mass is 243 g/mol. The summed E-state index contributed by atoms with van der Waals surface area (Å²) >= 11 is 0. The van der Waals surface area contributed by atoms with E-state index in [4.69, 9.17) is 0 Å². The van der Waals surface area contributed by atoms with Crippen LogP contribution in [0.15, 0.2) is 30.3 Å². The molecule has 0 aromatic heterocycles. The first kappa shape index (κ1) is 12.2. The number of fused-ring (bicyclic) bond motifs is 1. The molecule has 2 aliphatic rings. The van der Waals surface area contributed by atoms with Crippen molar-refractivity contribution in [3.8, 4) is 0 Å². The number of hydrogen-bond donors (Lipinski definition) is 0. The van der Waals surface area contributed by atoms with Crippen LogP contribution in [-0.2, 0) is 5.54 Å². The molecule has 0 radical (unpaired) electrons. The Morgan fingerprint density at radius 2 is 1.89 bits per heavy atom. The van der Waals surface area contributed by atoms with Crippen molar-refractivity contribution < 1.29 is 0 Å². The normalized spacial score (nSPS) is 33.1. The average molecular weight is 243 g/mol. The van der Waals surface area contributed by atoms with Crippen molar-refractivity contribution in [1.29, 1.82) is 0 Å². The summed E-state index contributed by atoms with van der Waals surface area (Å²) < 4.78 is 0. The van der Waals surface area contributed by atoms with E-state index >= 15 is 0 Å². The molecule has 1 aliphatic carbocycles. The highest BCUT2D eigenvalue weighted by Gasteiger charge is 2.47. The quantitative estimate of drug-likeness (QED) is 0.753. The zero-order chi connectivity index (χ0) is 12.4. The van der Waals surface area contributed by atoms with Crippen molar-refractivity contribution in [2.24, 2.45) is 5.92 Å². The van der Waals surface area contributed by atoms with Crippen LogP contribution in [0.2, 0.25) is 0 Å². The van der Waals surface area contributed by atoms with Crippen molar-refractivity contribution in [1.82, 2.24) is 4.90 Å². The van der Waals surface area contributed by atoms with Gasteiger partial charge in [-0.05, 0) is 50.3 Å². The summed E-state index contributed by atoms with van der Waals surface area (Å²) in [4.78, 5) is 2.77. The molecule has 1 nitrogen and oxygen atoms in total. The number of likely N-dealkylation sites (tertiary alicyclic amines) is 1. The third-order valence-electron chi connectivity index (χ3n) is 5.24. The fourth-order valence-corrected chi connectivity index (χ4v) is 4.49. The Morgan fingerprint density at radius 1 is 1.11 bits per heavy atom. The topological polar surface area (TPSA) is 3.24 Å². The first-order valence-corrected chi connectivity index (χ1v) is 7.68. The fraction of sp³-hybridized carbons (Fsp3) is 0.647. The van der Waals surface area contributed by atoms with Gasteiger partial charge in [0.2, 0.25) is 0 Å². The molecule has 0 unspecified atom stereocenters. The lowest BCUT2D eigenvalue weighted by Crippen LogP contribution is -2.55. The van der Waals surface area contributed by atoms with Crippen LogP contribution >= 0.6 is 0 Å². The smallest absolute Gasteiger partial charge is 0.0488 e. The van der Waals surface area contributed by atoms with Gasteiger partial charge in [-0.1, -0.05) is 50.1 Å². The van der Waals surface area contributed by atoms with Crippen molar-refractivity contribution >= 4 is 0 Å². The lowest BCUT2D eigenvalue weighted by atomic mass is 9.64. The van der Waals surface area contributed by atoms with Crippen LogP contribution in [0, 0.1) is 5.92 Å². The fourth-order valence-electron chi connectivity index (χ4n) is 4.49. The van der Waals surface area contributed by atoms with Gasteiger partial charge >= 0.3 is 0 Å². The molecule has 1 heterocycles. The molecule has 1 saturated carbocycles. The Kier molecular flexibility index (Phi) is 3.43. The standard InChI is InChI=1S/C17H25N/c1-2-18-14-8-12-16-11-6-7-13-17(16,18)15-9-4-3-5-10-15/h3-5,9-10,16H,2,6-8,11-14H2,1H3/t16-,17+/m1/s1. The summed E-state index contributed by atoms with van der Waals surface area (Å²) in [5, 5.41) is 0. The molecule has 1 aromatic rings. The minimum absolute atomic E-state index is 0.368. The van der Waals surface area contributed by atoms with Crippen LogP contribution in [-0.4, -0.2) is 18.0 Å². The molecule has 1 aliphatic heterocycles. The molecule has 18 heavy (non-hydrogen) atoms. The van der Waals surface area contributed by atoms with Crippen LogP contribution in [0.4, 0.5) is 0 Å². The lowest BCUT2D eigenvalue weighted by molar-refractivity contribution is -0.0362. The van der Waals surface area contributed by atoms with Gasteiger partial charge in [-0.3, -0.25) is 4.90 Å². The maximum Gasteiger partial charge on any atom is 0.0488 e. The van der Waals surface area contributed by atoms with Crippen molar-refractivity contribution in [3.63, 3.8) is 0 Å². The summed E-state index contributed by atoms with van der Waals surface area (Å²) in [6.45, 7) is 4.83. The van der Waals surface area contributed by atoms with Crippen LogP contribution < -0.4 is 0 Å². The Morgan fingerprint density at radius 3 is 2.67 bits per heavy atom. The van der Waals surface area contributed by atoms with Crippen LogP contribution in [0.5, 0.6) is 0 Å². The first-order valence-electron chi connectivity index (χ1n) is 7.68. The van der Waals surface area contributed by atoms with Gasteiger partial charge in [0.1, 0.15) is 0 Å². The molecule has 1 aromatic carbocycles. The van der Waals surface area contributed by atoms with Crippen LogP contribution in [0.1, 0.15) is 51.0 Å². The zero-order valence-electron chi connectivity index (χ0n) is 11.6. The van der Waals surface area contributed by atoms with Gasteiger partial charge in [-0.25, -0.2) is 0 Å². The number of benzene rings is 1. The molecule has 0 amide bonds. The van der Waals surface area contributed by atoms with Gasteiger partial charge < -0.3 is 0 Å². The maximum absolute atomic E-state index is 2.77. The Hall–Kier alpha value is -0.820. The molecule has 0 spiro atoms. The number of piperidine rings is 1. The highest BCUT2D eigenvalue weighted by atomic mass is 15.2. The van der Waals surface area contributed by atoms with E-state index in [1.165, 1.54) is 51.6 Å². The summed E-state index contributed by atoms with van der Waals surface area (Å²) in [6, 6.07) is 11.3. The van der Waals surface area contributed by atoms with Crippen LogP contribution in [0.25, 0.3) is 0 Å². The third-order valence-corrected chi connectivity index (χ3v) is 5.24. The van der Waals surface area contributed by atoms with E-state index < -0.39 is 0 Å². The second-order valence-corrected chi connectivity index (χ2v) is 5.95. The molecule has 0 bridgehead atoms. The second-order valence-electron chi connectivity index (χ2n) is 5.95. The van der Waals surface area contributed by atoms with E-state index in [1.54, 1.807) is 5.56 Å². The Balaban J connectivity index is 2.05. The molecule has 2 atom stereocenters. The molecule has 1 saturated heterocycles. The summed E-state index contributed by atoms with van der Waals surface area (Å²) in [6.07, 6.45) is 8.48. The lowest BCUT2D eigenvalue weighted by Gasteiger charge is -2.55. The highest BCUT2D eigenvalue weighted by Crippen LogP contribution is 2.50. The van der Waals surface area contributed by atoms with E-state index in [2.05, 4.69) is 42.2 Å². The van der Waals surface area contributed by atoms with Gasteiger partial charge in [0.15, 0.2) is 0 Å². The van der Waals surface area contributed by atoms with Crippen LogP contribution in [0.3, 0.4) is 0 Å². The van der Waals surface area contributed by atoms with E-state index in [0.29, 0.717) is 5.54 Å². The largest absolute Gasteiger partial charge is 0.294 e. The summed E-state index contributed by atoms with van der Waals surface area (Å²) in [5.74, 6) is 0.891. The minimum Gasteiger partial charge on any atom is -0.294 e. The van der Waals surface area contributed by atoms with Crippen molar-refractivity contribution in [3.05, 3.63) is 35.9 Å². The van der Waals surface area contributed by atoms with Gasteiger partial charge in [0, 0.05) is 5.54 Å². The number of hydrogen-bond acceptors (Lipinski definition) is 1. The van der Waals surface area contributed by atoms with Gasteiger partial charge in [0.05, 0.1) is 0 Å². The first-order chi connectivity index (χ1) is 8.88. The summed E-state index contributed by atoms with van der Waals surface area (Å²) in [7, 11) is 0. The molecule has 2 fully saturated rings. The Bertz CT molecular complexity index is 375. The Labute approximate surface area is 111 Å². The SMILES string of the molecule is CCN1CCC[C@H]2CCCC[C@]21c1ccccc1.